The standard InChI is InChI=1S/C18H24N2O4/c1-3-24-15-6-4-13(5-7-15)20-17(21)12-16(18(20)22)19-10-8-14(23-2)9-11-19/h4-7,14,16H,3,8-12H2,1-2H3/p+1/t16-/m0/s1. The summed E-state index contributed by atoms with van der Waals surface area (Å²) in [4.78, 5) is 27.7. The molecule has 0 bridgehead atoms. The van der Waals surface area contributed by atoms with Gasteiger partial charge in [-0.1, -0.05) is 0 Å². The van der Waals surface area contributed by atoms with Crippen LogP contribution >= 0.6 is 0 Å². The second kappa shape index (κ2) is 7.32. The van der Waals surface area contributed by atoms with Crippen molar-refractivity contribution in [2.45, 2.75) is 38.3 Å². The Morgan fingerprint density at radius 2 is 1.83 bits per heavy atom. The van der Waals surface area contributed by atoms with Crippen LogP contribution < -0.4 is 14.5 Å². The highest BCUT2D eigenvalue weighted by Gasteiger charge is 2.46. The molecule has 1 N–H and O–H groups in total. The smallest absolute Gasteiger partial charge is 0.292 e. The van der Waals surface area contributed by atoms with Gasteiger partial charge >= 0.3 is 0 Å². The molecule has 6 nitrogen and oxygen atoms in total. The van der Waals surface area contributed by atoms with Gasteiger partial charge < -0.3 is 14.4 Å². The van der Waals surface area contributed by atoms with Gasteiger partial charge in [-0.3, -0.25) is 9.59 Å². The van der Waals surface area contributed by atoms with Crippen molar-refractivity contribution in [2.75, 3.05) is 31.7 Å². The van der Waals surface area contributed by atoms with Gasteiger partial charge in [-0.05, 0) is 31.2 Å². The minimum absolute atomic E-state index is 0.0879. The first kappa shape index (κ1) is 16.9. The third kappa shape index (κ3) is 3.30. The summed E-state index contributed by atoms with van der Waals surface area (Å²) in [6, 6.07) is 6.88. The Morgan fingerprint density at radius 1 is 1.17 bits per heavy atom. The van der Waals surface area contributed by atoms with E-state index in [0.717, 1.165) is 31.7 Å². The van der Waals surface area contributed by atoms with E-state index in [1.54, 1.807) is 31.4 Å². The first-order valence-electron chi connectivity index (χ1n) is 8.61. The van der Waals surface area contributed by atoms with Gasteiger partial charge in [-0.15, -0.1) is 0 Å². The molecule has 0 saturated carbocycles. The van der Waals surface area contributed by atoms with Gasteiger partial charge in [0.2, 0.25) is 5.91 Å². The topological polar surface area (TPSA) is 60.3 Å². The van der Waals surface area contributed by atoms with E-state index in [2.05, 4.69) is 0 Å². The molecule has 3 rings (SSSR count). The largest absolute Gasteiger partial charge is 0.494 e. The number of carbonyl (C=O) groups is 2. The normalized spacial score (nSPS) is 27.6. The molecule has 2 aliphatic rings. The molecule has 1 aromatic rings. The average Bonchev–Trinajstić information content (AvgIpc) is 2.91. The van der Waals surface area contributed by atoms with Crippen molar-refractivity contribution in [2.24, 2.45) is 0 Å². The number of imide groups is 1. The van der Waals surface area contributed by atoms with Crippen LogP contribution in [0.1, 0.15) is 26.2 Å². The number of benzene rings is 1. The molecular formula is C18H25N2O4+. The van der Waals surface area contributed by atoms with Crippen molar-refractivity contribution >= 4 is 17.5 Å². The maximum atomic E-state index is 12.8. The summed E-state index contributed by atoms with van der Waals surface area (Å²) in [5, 5.41) is 0. The molecular weight excluding hydrogens is 308 g/mol. The van der Waals surface area contributed by atoms with Crippen LogP contribution in [0.3, 0.4) is 0 Å². The van der Waals surface area contributed by atoms with Crippen molar-refractivity contribution in [3.05, 3.63) is 24.3 Å². The average molecular weight is 333 g/mol. The zero-order valence-corrected chi connectivity index (χ0v) is 14.3. The van der Waals surface area contributed by atoms with E-state index in [9.17, 15) is 9.59 Å². The van der Waals surface area contributed by atoms with Crippen molar-refractivity contribution in [1.29, 1.82) is 0 Å². The lowest BCUT2D eigenvalue weighted by Crippen LogP contribution is -3.17. The highest BCUT2D eigenvalue weighted by atomic mass is 16.5. The number of amides is 2. The van der Waals surface area contributed by atoms with Gasteiger partial charge in [0.25, 0.3) is 5.91 Å². The Hall–Kier alpha value is -1.92. The Bertz CT molecular complexity index is 594. The molecule has 0 spiro atoms. The van der Waals surface area contributed by atoms with E-state index in [0.29, 0.717) is 18.7 Å². The fourth-order valence-corrected chi connectivity index (χ4v) is 3.63. The van der Waals surface area contributed by atoms with Gasteiger partial charge in [0.1, 0.15) is 5.75 Å². The minimum Gasteiger partial charge on any atom is -0.494 e. The maximum Gasteiger partial charge on any atom is 0.292 e. The molecule has 6 heteroatoms. The number of hydrogen-bond donors (Lipinski definition) is 1. The highest BCUT2D eigenvalue weighted by molar-refractivity contribution is 6.21. The first-order valence-corrected chi connectivity index (χ1v) is 8.61. The Kier molecular flexibility index (Phi) is 5.16. The molecule has 24 heavy (non-hydrogen) atoms. The molecule has 2 aliphatic heterocycles. The lowest BCUT2D eigenvalue weighted by molar-refractivity contribution is -0.920. The van der Waals surface area contributed by atoms with Crippen LogP contribution in [0.25, 0.3) is 0 Å². The maximum absolute atomic E-state index is 12.8. The molecule has 0 aromatic heterocycles. The van der Waals surface area contributed by atoms with Gasteiger partial charge in [-0.2, -0.15) is 0 Å². The number of nitrogens with one attached hydrogen (secondary N) is 1. The molecule has 0 radical (unpaired) electrons. The van der Waals surface area contributed by atoms with Crippen LogP contribution in [0.5, 0.6) is 5.75 Å². The summed E-state index contributed by atoms with van der Waals surface area (Å²) in [7, 11) is 1.73. The van der Waals surface area contributed by atoms with Gasteiger partial charge in [0.15, 0.2) is 6.04 Å². The fraction of sp³-hybridized carbons (Fsp3) is 0.556. The number of nitrogens with zero attached hydrogens (tertiary/aromatic N) is 1. The fourth-order valence-electron chi connectivity index (χ4n) is 3.63. The van der Waals surface area contributed by atoms with E-state index >= 15 is 0 Å². The molecule has 2 fully saturated rings. The Labute approximate surface area is 142 Å². The van der Waals surface area contributed by atoms with Gasteiger partial charge in [0.05, 0.1) is 37.9 Å². The lowest BCUT2D eigenvalue weighted by Gasteiger charge is -2.31. The SMILES string of the molecule is CCOc1ccc(N2C(=O)C[C@H]([NH+]3CCC(OC)CC3)C2=O)cc1. The van der Waals surface area contributed by atoms with Crippen LogP contribution in [0, 0.1) is 0 Å². The van der Waals surface area contributed by atoms with Crippen molar-refractivity contribution in [3.8, 4) is 5.75 Å². The summed E-state index contributed by atoms with van der Waals surface area (Å²) in [5.74, 6) is 0.537. The monoisotopic (exact) mass is 333 g/mol. The minimum atomic E-state index is -0.262. The second-order valence-corrected chi connectivity index (χ2v) is 6.34. The second-order valence-electron chi connectivity index (χ2n) is 6.34. The number of carbonyl (C=O) groups excluding carboxylic acids is 2. The molecule has 1 atom stereocenters. The molecule has 2 saturated heterocycles. The quantitative estimate of drug-likeness (QED) is 0.793. The lowest BCUT2D eigenvalue weighted by atomic mass is 10.0. The number of likely N-dealkylation sites (tertiary alicyclic amines) is 1. The van der Waals surface area contributed by atoms with Crippen LogP contribution in [-0.4, -0.2) is 50.8 Å². The van der Waals surface area contributed by atoms with Crippen molar-refractivity contribution in [3.63, 3.8) is 0 Å². The first-order chi connectivity index (χ1) is 11.6. The van der Waals surface area contributed by atoms with Crippen LogP contribution in [0.4, 0.5) is 5.69 Å². The van der Waals surface area contributed by atoms with E-state index in [1.807, 2.05) is 6.92 Å². The summed E-state index contributed by atoms with van der Waals surface area (Å²) in [6.45, 7) is 4.25. The van der Waals surface area contributed by atoms with Crippen LogP contribution in [0.2, 0.25) is 0 Å². The van der Waals surface area contributed by atoms with E-state index < -0.39 is 0 Å². The Balaban J connectivity index is 1.70. The number of piperidine rings is 1. The number of methoxy groups -OCH3 is 1. The summed E-state index contributed by atoms with van der Waals surface area (Å²) >= 11 is 0. The highest BCUT2D eigenvalue weighted by Crippen LogP contribution is 2.24. The Morgan fingerprint density at radius 3 is 2.42 bits per heavy atom. The van der Waals surface area contributed by atoms with Gasteiger partial charge in [-0.25, -0.2) is 4.90 Å². The van der Waals surface area contributed by atoms with Crippen molar-refractivity contribution in [1.82, 2.24) is 0 Å². The summed E-state index contributed by atoms with van der Waals surface area (Å²) < 4.78 is 10.8. The predicted octanol–water partition coefficient (Wildman–Crippen LogP) is 0.411. The zero-order chi connectivity index (χ0) is 17.1. The number of anilines is 1. The third-order valence-corrected chi connectivity index (χ3v) is 4.95. The predicted molar refractivity (Wildman–Crippen MR) is 89.2 cm³/mol. The zero-order valence-electron chi connectivity index (χ0n) is 14.3. The molecule has 130 valence electrons. The van der Waals surface area contributed by atoms with E-state index in [-0.39, 0.29) is 24.0 Å². The van der Waals surface area contributed by atoms with E-state index in [4.69, 9.17) is 9.47 Å². The molecule has 1 aromatic carbocycles. The summed E-state index contributed by atoms with van der Waals surface area (Å²) in [5.41, 5.74) is 0.627. The number of hydrogen-bond acceptors (Lipinski definition) is 4. The van der Waals surface area contributed by atoms with Gasteiger partial charge in [0, 0.05) is 20.0 Å². The molecule has 2 heterocycles. The summed E-state index contributed by atoms with van der Waals surface area (Å²) in [6.07, 6.45) is 2.45. The van der Waals surface area contributed by atoms with E-state index in [1.165, 1.54) is 9.80 Å². The molecule has 2 amide bonds. The number of rotatable bonds is 5. The third-order valence-electron chi connectivity index (χ3n) is 4.95. The van der Waals surface area contributed by atoms with Crippen LogP contribution in [-0.2, 0) is 14.3 Å². The number of ether oxygens (including phenoxy) is 2. The molecule has 0 aliphatic carbocycles. The molecule has 0 unspecified atom stereocenters. The van der Waals surface area contributed by atoms with Crippen LogP contribution in [0.15, 0.2) is 24.3 Å². The number of quaternary nitrogens is 1. The van der Waals surface area contributed by atoms with Crippen molar-refractivity contribution < 1.29 is 24.0 Å².